The van der Waals surface area contributed by atoms with Gasteiger partial charge in [-0.2, -0.15) is 4.98 Å². The molecule has 2 aliphatic rings. The second-order valence-corrected chi connectivity index (χ2v) is 6.53. The quantitative estimate of drug-likeness (QED) is 0.853. The fourth-order valence-corrected chi connectivity index (χ4v) is 3.42. The topological polar surface area (TPSA) is 77.4 Å². The molecule has 0 bridgehead atoms. The van der Waals surface area contributed by atoms with Crippen LogP contribution in [0.4, 0.5) is 0 Å². The van der Waals surface area contributed by atoms with Crippen LogP contribution >= 0.6 is 12.4 Å². The zero-order valence-electron chi connectivity index (χ0n) is 13.8. The molecular weight excluding hydrogens is 316 g/mol. The number of rotatable bonds is 6. The SMILES string of the molecule is Cl.NC(c1nc(CCCN2CCCCC2)no1)C1CCOCC1. The zero-order valence-corrected chi connectivity index (χ0v) is 14.6. The molecule has 0 radical (unpaired) electrons. The minimum Gasteiger partial charge on any atom is -0.381 e. The van der Waals surface area contributed by atoms with Crippen LogP contribution in [0.1, 0.15) is 56.3 Å². The zero-order chi connectivity index (χ0) is 15.2. The molecule has 132 valence electrons. The lowest BCUT2D eigenvalue weighted by atomic mass is 9.92. The Morgan fingerprint density at radius 2 is 1.91 bits per heavy atom. The van der Waals surface area contributed by atoms with Gasteiger partial charge < -0.3 is 19.9 Å². The smallest absolute Gasteiger partial charge is 0.243 e. The van der Waals surface area contributed by atoms with Gasteiger partial charge in [0.25, 0.3) is 0 Å². The molecule has 0 spiro atoms. The van der Waals surface area contributed by atoms with Crippen LogP contribution in [-0.4, -0.2) is 47.9 Å². The second kappa shape index (κ2) is 9.57. The molecule has 0 aliphatic carbocycles. The third-order valence-corrected chi connectivity index (χ3v) is 4.87. The summed E-state index contributed by atoms with van der Waals surface area (Å²) in [5, 5.41) is 4.10. The molecule has 2 saturated heterocycles. The maximum atomic E-state index is 6.27. The Labute approximate surface area is 144 Å². The van der Waals surface area contributed by atoms with Crippen LogP contribution in [0.5, 0.6) is 0 Å². The van der Waals surface area contributed by atoms with Crippen molar-refractivity contribution in [2.45, 2.75) is 51.0 Å². The number of halogens is 1. The number of piperidine rings is 1. The molecule has 1 aromatic heterocycles. The Bertz CT molecular complexity index is 445. The van der Waals surface area contributed by atoms with Crippen LogP contribution in [0, 0.1) is 5.92 Å². The summed E-state index contributed by atoms with van der Waals surface area (Å²) in [5.74, 6) is 1.80. The van der Waals surface area contributed by atoms with Crippen molar-refractivity contribution in [1.82, 2.24) is 15.0 Å². The molecule has 1 aromatic rings. The van der Waals surface area contributed by atoms with Gasteiger partial charge in [-0.1, -0.05) is 11.6 Å². The Balaban J connectivity index is 0.00000192. The van der Waals surface area contributed by atoms with Crippen molar-refractivity contribution in [1.29, 1.82) is 0 Å². The van der Waals surface area contributed by atoms with Crippen LogP contribution in [-0.2, 0) is 11.2 Å². The lowest BCUT2D eigenvalue weighted by molar-refractivity contribution is 0.0546. The number of nitrogens with two attached hydrogens (primary N) is 1. The van der Waals surface area contributed by atoms with E-state index in [2.05, 4.69) is 15.0 Å². The van der Waals surface area contributed by atoms with Gasteiger partial charge >= 0.3 is 0 Å². The molecule has 3 heterocycles. The van der Waals surface area contributed by atoms with Gasteiger partial charge in [0.2, 0.25) is 5.89 Å². The predicted octanol–water partition coefficient (Wildman–Crippen LogP) is 2.34. The van der Waals surface area contributed by atoms with Crippen LogP contribution in [0.15, 0.2) is 4.52 Å². The van der Waals surface area contributed by atoms with Crippen molar-refractivity contribution in [2.24, 2.45) is 11.7 Å². The molecule has 2 fully saturated rings. The Kier molecular flexibility index (Phi) is 7.76. The van der Waals surface area contributed by atoms with Crippen LogP contribution in [0.2, 0.25) is 0 Å². The molecule has 6 nitrogen and oxygen atoms in total. The molecule has 0 aromatic carbocycles. The van der Waals surface area contributed by atoms with Crippen molar-refractivity contribution in [3.63, 3.8) is 0 Å². The lowest BCUT2D eigenvalue weighted by Crippen LogP contribution is -2.30. The van der Waals surface area contributed by atoms with Gasteiger partial charge in [-0.15, -0.1) is 12.4 Å². The molecule has 0 amide bonds. The molecule has 7 heteroatoms. The Morgan fingerprint density at radius 3 is 2.65 bits per heavy atom. The molecule has 1 atom stereocenters. The van der Waals surface area contributed by atoms with E-state index in [9.17, 15) is 0 Å². The highest BCUT2D eigenvalue weighted by Gasteiger charge is 2.26. The number of ether oxygens (including phenoxy) is 1. The monoisotopic (exact) mass is 344 g/mol. The van der Waals surface area contributed by atoms with E-state index >= 15 is 0 Å². The number of likely N-dealkylation sites (tertiary alicyclic amines) is 1. The Morgan fingerprint density at radius 1 is 1.17 bits per heavy atom. The van der Waals surface area contributed by atoms with Gasteiger partial charge in [-0.3, -0.25) is 0 Å². The summed E-state index contributed by atoms with van der Waals surface area (Å²) in [6.07, 6.45) is 7.99. The highest BCUT2D eigenvalue weighted by atomic mass is 35.5. The van der Waals surface area contributed by atoms with Crippen LogP contribution in [0.3, 0.4) is 0 Å². The first-order valence-corrected chi connectivity index (χ1v) is 8.71. The summed E-state index contributed by atoms with van der Waals surface area (Å²) >= 11 is 0. The van der Waals surface area contributed by atoms with Crippen LogP contribution < -0.4 is 5.73 Å². The van der Waals surface area contributed by atoms with Gasteiger partial charge in [0, 0.05) is 19.6 Å². The van der Waals surface area contributed by atoms with Gasteiger partial charge in [0.05, 0.1) is 6.04 Å². The van der Waals surface area contributed by atoms with E-state index in [1.165, 1.54) is 32.4 Å². The van der Waals surface area contributed by atoms with Gasteiger partial charge in [-0.25, -0.2) is 0 Å². The van der Waals surface area contributed by atoms with E-state index in [1.54, 1.807) is 0 Å². The first kappa shape index (κ1) is 18.6. The molecule has 2 N–H and O–H groups in total. The van der Waals surface area contributed by atoms with E-state index in [-0.39, 0.29) is 18.4 Å². The number of hydrogen-bond acceptors (Lipinski definition) is 6. The van der Waals surface area contributed by atoms with E-state index < -0.39 is 0 Å². The van der Waals surface area contributed by atoms with E-state index in [1.807, 2.05) is 0 Å². The number of aromatic nitrogens is 2. The average molecular weight is 345 g/mol. The molecule has 3 rings (SSSR count). The van der Waals surface area contributed by atoms with Gasteiger partial charge in [0.15, 0.2) is 5.82 Å². The highest BCUT2D eigenvalue weighted by Crippen LogP contribution is 2.27. The first-order valence-electron chi connectivity index (χ1n) is 8.71. The number of nitrogens with zero attached hydrogens (tertiary/aromatic N) is 3. The van der Waals surface area contributed by atoms with Crippen molar-refractivity contribution < 1.29 is 9.26 Å². The molecule has 23 heavy (non-hydrogen) atoms. The summed E-state index contributed by atoms with van der Waals surface area (Å²) in [4.78, 5) is 7.05. The fourth-order valence-electron chi connectivity index (χ4n) is 3.42. The standard InChI is InChI=1S/C16H28N4O2.ClH/c17-15(13-6-11-21-12-7-13)16-18-14(19-22-16)5-4-10-20-8-2-1-3-9-20;/h13,15H,1-12,17H2;1H. The van der Waals surface area contributed by atoms with Crippen molar-refractivity contribution in [3.8, 4) is 0 Å². The molecule has 0 saturated carbocycles. The van der Waals surface area contributed by atoms with Crippen molar-refractivity contribution >= 4 is 12.4 Å². The number of aryl methyl sites for hydroxylation is 1. The Hall–Kier alpha value is -0.690. The number of hydrogen-bond donors (Lipinski definition) is 1. The highest BCUT2D eigenvalue weighted by molar-refractivity contribution is 5.85. The average Bonchev–Trinajstić information content (AvgIpc) is 3.05. The summed E-state index contributed by atoms with van der Waals surface area (Å²) in [7, 11) is 0. The normalized spacial score (nSPS) is 21.8. The van der Waals surface area contributed by atoms with E-state index in [0.717, 1.165) is 51.3 Å². The summed E-state index contributed by atoms with van der Waals surface area (Å²) in [6, 6.07) is -0.146. The first-order chi connectivity index (χ1) is 10.8. The second-order valence-electron chi connectivity index (χ2n) is 6.53. The van der Waals surface area contributed by atoms with Crippen LogP contribution in [0.25, 0.3) is 0 Å². The maximum absolute atomic E-state index is 6.27. The minimum absolute atomic E-state index is 0. The van der Waals surface area contributed by atoms with Gasteiger partial charge in [0.1, 0.15) is 0 Å². The molecule has 2 aliphatic heterocycles. The van der Waals surface area contributed by atoms with E-state index in [4.69, 9.17) is 15.0 Å². The van der Waals surface area contributed by atoms with Crippen molar-refractivity contribution in [3.05, 3.63) is 11.7 Å². The van der Waals surface area contributed by atoms with Crippen molar-refractivity contribution in [2.75, 3.05) is 32.8 Å². The van der Waals surface area contributed by atoms with Gasteiger partial charge in [-0.05, 0) is 57.7 Å². The fraction of sp³-hybridized carbons (Fsp3) is 0.875. The lowest BCUT2D eigenvalue weighted by Gasteiger charge is -2.26. The third kappa shape index (κ3) is 5.41. The summed E-state index contributed by atoms with van der Waals surface area (Å²) in [5.41, 5.74) is 6.27. The molecular formula is C16H29ClN4O2. The van der Waals surface area contributed by atoms with E-state index in [0.29, 0.717) is 11.8 Å². The largest absolute Gasteiger partial charge is 0.381 e. The maximum Gasteiger partial charge on any atom is 0.243 e. The minimum atomic E-state index is -0.146. The molecule has 1 unspecified atom stereocenters. The predicted molar refractivity (Wildman–Crippen MR) is 90.6 cm³/mol. The summed E-state index contributed by atoms with van der Waals surface area (Å²) in [6.45, 7) is 5.19. The summed E-state index contributed by atoms with van der Waals surface area (Å²) < 4.78 is 10.8. The third-order valence-electron chi connectivity index (χ3n) is 4.87.